The minimum atomic E-state index is -0.182. The van der Waals surface area contributed by atoms with Crippen LogP contribution in [-0.4, -0.2) is 12.5 Å². The molecular weight excluding hydrogens is 402 g/mol. The first kappa shape index (κ1) is 21.2. The second-order valence-corrected chi connectivity index (χ2v) is 7.20. The molecule has 0 bridgehead atoms. The second kappa shape index (κ2) is 10.4. The van der Waals surface area contributed by atoms with Gasteiger partial charge < -0.3 is 19.2 Å². The van der Waals surface area contributed by atoms with Crippen molar-refractivity contribution < 1.29 is 18.7 Å². The Balaban J connectivity index is 1.44. The van der Waals surface area contributed by atoms with Crippen molar-refractivity contribution >= 4 is 5.91 Å². The number of benzene rings is 3. The van der Waals surface area contributed by atoms with Gasteiger partial charge in [0.1, 0.15) is 23.9 Å². The van der Waals surface area contributed by atoms with Crippen molar-refractivity contribution in [3.05, 3.63) is 108 Å². The molecule has 0 aliphatic heterocycles. The SMILES string of the molecule is CCOc1ccc(C(=O)NCc2ccco2)cc1COc1ccc(-c2ccccc2)cc1. The number of hydrogen-bond donors (Lipinski definition) is 1. The van der Waals surface area contributed by atoms with Gasteiger partial charge in [-0.25, -0.2) is 0 Å². The van der Waals surface area contributed by atoms with E-state index in [1.165, 1.54) is 0 Å². The van der Waals surface area contributed by atoms with Crippen LogP contribution in [0.5, 0.6) is 11.5 Å². The van der Waals surface area contributed by atoms with Crippen LogP contribution in [0.25, 0.3) is 11.1 Å². The number of hydrogen-bond acceptors (Lipinski definition) is 4. The van der Waals surface area contributed by atoms with Gasteiger partial charge >= 0.3 is 0 Å². The first-order chi connectivity index (χ1) is 15.7. The van der Waals surface area contributed by atoms with Gasteiger partial charge in [0.25, 0.3) is 5.91 Å². The van der Waals surface area contributed by atoms with Crippen molar-refractivity contribution in [2.24, 2.45) is 0 Å². The lowest BCUT2D eigenvalue weighted by molar-refractivity contribution is 0.0948. The minimum absolute atomic E-state index is 0.182. The van der Waals surface area contributed by atoms with E-state index in [1.54, 1.807) is 24.5 Å². The molecule has 5 heteroatoms. The van der Waals surface area contributed by atoms with E-state index in [9.17, 15) is 4.79 Å². The lowest BCUT2D eigenvalue weighted by atomic mass is 10.1. The molecule has 1 amide bonds. The zero-order valence-corrected chi connectivity index (χ0v) is 17.9. The number of carbonyl (C=O) groups excluding carboxylic acids is 1. The van der Waals surface area contributed by atoms with E-state index in [4.69, 9.17) is 13.9 Å². The third-order valence-electron chi connectivity index (χ3n) is 4.98. The Labute approximate surface area is 187 Å². The third-order valence-corrected chi connectivity index (χ3v) is 4.98. The predicted octanol–water partition coefficient (Wildman–Crippen LogP) is 5.85. The number of furan rings is 1. The molecule has 0 fully saturated rings. The van der Waals surface area contributed by atoms with Crippen molar-refractivity contribution in [3.63, 3.8) is 0 Å². The maximum absolute atomic E-state index is 12.6. The van der Waals surface area contributed by atoms with Crippen LogP contribution in [0.4, 0.5) is 0 Å². The largest absolute Gasteiger partial charge is 0.493 e. The molecule has 0 radical (unpaired) electrons. The predicted molar refractivity (Wildman–Crippen MR) is 124 cm³/mol. The summed E-state index contributed by atoms with van der Waals surface area (Å²) in [6, 6.07) is 27.1. The van der Waals surface area contributed by atoms with Gasteiger partial charge in [-0.2, -0.15) is 0 Å². The van der Waals surface area contributed by atoms with Crippen LogP contribution in [0.15, 0.2) is 95.6 Å². The first-order valence-corrected chi connectivity index (χ1v) is 10.6. The summed E-state index contributed by atoms with van der Waals surface area (Å²) in [7, 11) is 0. The van der Waals surface area contributed by atoms with Crippen molar-refractivity contribution in [3.8, 4) is 22.6 Å². The lowest BCUT2D eigenvalue weighted by Gasteiger charge is -2.14. The van der Waals surface area contributed by atoms with Gasteiger partial charge in [-0.3, -0.25) is 4.79 Å². The van der Waals surface area contributed by atoms with E-state index >= 15 is 0 Å². The van der Waals surface area contributed by atoms with Gasteiger partial charge in [-0.15, -0.1) is 0 Å². The van der Waals surface area contributed by atoms with E-state index in [-0.39, 0.29) is 5.91 Å². The molecule has 1 aromatic heterocycles. The fraction of sp³-hybridized carbons (Fsp3) is 0.148. The molecule has 1 heterocycles. The topological polar surface area (TPSA) is 60.7 Å². The molecule has 5 nitrogen and oxygen atoms in total. The Hall–Kier alpha value is -3.99. The van der Waals surface area contributed by atoms with Crippen LogP contribution in [0.1, 0.15) is 28.6 Å². The molecule has 0 aliphatic rings. The molecule has 3 aromatic carbocycles. The Morgan fingerprint density at radius 3 is 2.38 bits per heavy atom. The summed E-state index contributed by atoms with van der Waals surface area (Å²) in [5, 5.41) is 2.86. The third kappa shape index (κ3) is 5.38. The number of carbonyl (C=O) groups is 1. The number of ether oxygens (including phenoxy) is 2. The van der Waals surface area contributed by atoms with E-state index in [0.29, 0.717) is 36.8 Å². The maximum atomic E-state index is 12.6. The maximum Gasteiger partial charge on any atom is 0.251 e. The molecular formula is C27H25NO4. The van der Waals surface area contributed by atoms with Crippen molar-refractivity contribution in [1.82, 2.24) is 5.32 Å². The van der Waals surface area contributed by atoms with Crippen LogP contribution in [-0.2, 0) is 13.2 Å². The van der Waals surface area contributed by atoms with Crippen LogP contribution in [0.3, 0.4) is 0 Å². The highest BCUT2D eigenvalue weighted by molar-refractivity contribution is 5.94. The highest BCUT2D eigenvalue weighted by Gasteiger charge is 2.12. The molecule has 1 N–H and O–H groups in total. The number of amides is 1. The zero-order valence-electron chi connectivity index (χ0n) is 17.9. The summed E-state index contributed by atoms with van der Waals surface area (Å²) in [4.78, 5) is 12.6. The average Bonchev–Trinajstić information content (AvgIpc) is 3.37. The molecule has 4 aromatic rings. The summed E-state index contributed by atoms with van der Waals surface area (Å²) < 4.78 is 17.0. The van der Waals surface area contributed by atoms with E-state index < -0.39 is 0 Å². The van der Waals surface area contributed by atoms with Crippen LogP contribution in [0, 0.1) is 0 Å². The molecule has 0 atom stereocenters. The highest BCUT2D eigenvalue weighted by Crippen LogP contribution is 2.25. The molecule has 0 aliphatic carbocycles. The van der Waals surface area contributed by atoms with E-state index in [0.717, 1.165) is 22.4 Å². The normalized spacial score (nSPS) is 10.5. The van der Waals surface area contributed by atoms with Crippen molar-refractivity contribution in [1.29, 1.82) is 0 Å². The summed E-state index contributed by atoms with van der Waals surface area (Å²) in [5.41, 5.74) is 3.64. The first-order valence-electron chi connectivity index (χ1n) is 10.6. The Bertz CT molecular complexity index is 1140. The minimum Gasteiger partial charge on any atom is -0.493 e. The Morgan fingerprint density at radius 1 is 0.875 bits per heavy atom. The number of rotatable bonds is 9. The zero-order chi connectivity index (χ0) is 22.2. The van der Waals surface area contributed by atoms with E-state index in [2.05, 4.69) is 17.4 Å². The van der Waals surface area contributed by atoms with Gasteiger partial charge in [0.15, 0.2) is 0 Å². The van der Waals surface area contributed by atoms with Crippen molar-refractivity contribution in [2.75, 3.05) is 6.61 Å². The number of nitrogens with one attached hydrogen (secondary N) is 1. The molecule has 162 valence electrons. The molecule has 0 spiro atoms. The van der Waals surface area contributed by atoms with Gasteiger partial charge in [0.2, 0.25) is 0 Å². The summed E-state index contributed by atoms with van der Waals surface area (Å²) in [5.74, 6) is 1.97. The molecule has 4 rings (SSSR count). The Morgan fingerprint density at radius 2 is 1.66 bits per heavy atom. The molecule has 32 heavy (non-hydrogen) atoms. The molecule has 0 unspecified atom stereocenters. The van der Waals surface area contributed by atoms with Crippen LogP contribution < -0.4 is 14.8 Å². The fourth-order valence-corrected chi connectivity index (χ4v) is 3.35. The standard InChI is InChI=1S/C27H25NO4/c1-2-30-26-15-12-22(27(29)28-18-25-9-6-16-31-25)17-23(26)19-32-24-13-10-21(11-14-24)20-7-4-3-5-8-20/h3-17H,2,18-19H2,1H3,(H,28,29). The highest BCUT2D eigenvalue weighted by atomic mass is 16.5. The lowest BCUT2D eigenvalue weighted by Crippen LogP contribution is -2.22. The Kier molecular flexibility index (Phi) is 6.88. The van der Waals surface area contributed by atoms with Gasteiger partial charge in [0.05, 0.1) is 19.4 Å². The van der Waals surface area contributed by atoms with Gasteiger partial charge in [0, 0.05) is 11.1 Å². The van der Waals surface area contributed by atoms with E-state index in [1.807, 2.05) is 61.5 Å². The van der Waals surface area contributed by atoms with Crippen LogP contribution >= 0.6 is 0 Å². The average molecular weight is 428 g/mol. The summed E-state index contributed by atoms with van der Waals surface area (Å²) >= 11 is 0. The van der Waals surface area contributed by atoms with Crippen molar-refractivity contribution in [2.45, 2.75) is 20.1 Å². The monoisotopic (exact) mass is 427 g/mol. The molecule has 0 saturated heterocycles. The summed E-state index contributed by atoms with van der Waals surface area (Å²) in [6.45, 7) is 3.08. The smallest absolute Gasteiger partial charge is 0.251 e. The van der Waals surface area contributed by atoms with Gasteiger partial charge in [-0.05, 0) is 60.5 Å². The molecule has 0 saturated carbocycles. The summed E-state index contributed by atoms with van der Waals surface area (Å²) in [6.07, 6.45) is 1.58. The quantitative estimate of drug-likeness (QED) is 0.364. The van der Waals surface area contributed by atoms with Gasteiger partial charge in [-0.1, -0.05) is 42.5 Å². The fourth-order valence-electron chi connectivity index (χ4n) is 3.35. The second-order valence-electron chi connectivity index (χ2n) is 7.20. The van der Waals surface area contributed by atoms with Crippen LogP contribution in [0.2, 0.25) is 0 Å².